The third kappa shape index (κ3) is 12.2. The number of aliphatic hydroxyl groups excluding tert-OH is 2. The fraction of sp³-hybridized carbons (Fsp3) is 0.259. The van der Waals surface area contributed by atoms with E-state index in [0.29, 0.717) is 38.5 Å². The number of carbonyl (C=O) groups is 4. The Morgan fingerprint density at radius 3 is 0.953 bits per heavy atom. The van der Waals surface area contributed by atoms with Gasteiger partial charge < -0.3 is 29.5 Å². The van der Waals surface area contributed by atoms with Crippen LogP contribution >= 0.6 is 0 Å². The smallest absolute Gasteiger partial charge is 0.305 e. The van der Waals surface area contributed by atoms with Crippen molar-refractivity contribution in [2.24, 2.45) is 0 Å². The highest BCUT2D eigenvalue weighted by molar-refractivity contribution is 5.84. The molecule has 0 aromatic heterocycles. The van der Waals surface area contributed by atoms with E-state index in [1.165, 1.54) is 14.2 Å². The van der Waals surface area contributed by atoms with Crippen molar-refractivity contribution in [3.8, 4) is 11.1 Å². The largest absolute Gasteiger partial charge is 0.469 e. The molecule has 0 unspecified atom stereocenters. The molecule has 2 N–H and O–H groups in total. The third-order valence-corrected chi connectivity index (χ3v) is 11.4. The van der Waals surface area contributed by atoms with Gasteiger partial charge in [0, 0.05) is 59.8 Å². The molecule has 0 amide bonds. The molecule has 0 atom stereocenters. The molecule has 0 aliphatic heterocycles. The van der Waals surface area contributed by atoms with Crippen LogP contribution in [0.3, 0.4) is 0 Å². The average molecular weight is 861 g/mol. The predicted molar refractivity (Wildman–Crippen MR) is 252 cm³/mol. The predicted octanol–water partition coefficient (Wildman–Crippen LogP) is 10.1. The van der Waals surface area contributed by atoms with Crippen LogP contribution < -0.4 is 9.80 Å². The van der Waals surface area contributed by atoms with Gasteiger partial charge in [0.1, 0.15) is 13.2 Å². The van der Waals surface area contributed by atoms with Crippen LogP contribution in [0.1, 0.15) is 59.1 Å². The number of carbonyl (C=O) groups excluding carboxylic acids is 4. The summed E-state index contributed by atoms with van der Waals surface area (Å²) in [6.07, 6.45) is 3.40. The molecule has 0 radical (unpaired) electrons. The summed E-state index contributed by atoms with van der Waals surface area (Å²) in [5.41, 5.74) is 14.1. The number of esters is 2. The molecule has 0 saturated carbocycles. The van der Waals surface area contributed by atoms with Gasteiger partial charge in [-0.3, -0.25) is 19.2 Å². The van der Waals surface area contributed by atoms with E-state index < -0.39 is 13.2 Å². The minimum absolute atomic E-state index is 0.191. The molecule has 6 aromatic rings. The Morgan fingerprint density at radius 1 is 0.422 bits per heavy atom. The van der Waals surface area contributed by atoms with Crippen molar-refractivity contribution < 1.29 is 38.9 Å². The normalized spacial score (nSPS) is 10.9. The van der Waals surface area contributed by atoms with Crippen molar-refractivity contribution in [3.05, 3.63) is 167 Å². The molecule has 0 spiro atoms. The number of hydrogen-bond acceptors (Lipinski definition) is 10. The van der Waals surface area contributed by atoms with Crippen LogP contribution in [0.25, 0.3) is 11.1 Å². The highest BCUT2D eigenvalue weighted by Gasteiger charge is 2.19. The van der Waals surface area contributed by atoms with Crippen molar-refractivity contribution in [1.29, 1.82) is 0 Å². The number of aliphatic hydroxyl groups is 2. The van der Waals surface area contributed by atoms with Gasteiger partial charge in [-0.15, -0.1) is 0 Å². The number of ether oxygens (including phenoxy) is 2. The van der Waals surface area contributed by atoms with Crippen LogP contribution in [-0.2, 0) is 54.3 Å². The summed E-state index contributed by atoms with van der Waals surface area (Å²) in [6, 6.07) is 45.6. The molecule has 64 heavy (non-hydrogen) atoms. The Balaban J connectivity index is 1.32. The lowest BCUT2D eigenvalue weighted by Crippen LogP contribution is -2.12. The SMILES string of the molecule is COC(=O)CCc1ccc(N(c2ccc(CCC(=O)OC)cc2)c2ccc(-c3ccc(N(c4ccc(CCC(=O)CO)cc4)c4ccc(CCC(=O)CO)cc4)c(C)c3)cc2C)cc1. The first-order chi connectivity index (χ1) is 31.0. The Labute approximate surface area is 375 Å². The molecule has 6 aromatic carbocycles. The first-order valence-electron chi connectivity index (χ1n) is 21.6. The number of benzene rings is 6. The fourth-order valence-electron chi connectivity index (χ4n) is 7.70. The number of Topliss-reactive ketones (excluding diaryl/α,β-unsaturated/α-hetero) is 2. The van der Waals surface area contributed by atoms with Crippen molar-refractivity contribution in [2.75, 3.05) is 37.2 Å². The number of rotatable bonds is 21. The van der Waals surface area contributed by atoms with E-state index in [4.69, 9.17) is 9.47 Å². The van der Waals surface area contributed by atoms with E-state index in [1.54, 1.807) is 0 Å². The number of ketones is 2. The summed E-state index contributed by atoms with van der Waals surface area (Å²) in [7, 11) is 2.80. The minimum atomic E-state index is -0.458. The second-order valence-corrected chi connectivity index (χ2v) is 15.9. The van der Waals surface area contributed by atoms with Gasteiger partial charge in [-0.25, -0.2) is 0 Å². The molecule has 10 nitrogen and oxygen atoms in total. The van der Waals surface area contributed by atoms with Crippen LogP contribution in [0.4, 0.5) is 34.1 Å². The van der Waals surface area contributed by atoms with Crippen LogP contribution in [-0.4, -0.2) is 61.2 Å². The number of nitrogens with zero attached hydrogens (tertiary/aromatic N) is 2. The summed E-state index contributed by atoms with van der Waals surface area (Å²) < 4.78 is 9.69. The average Bonchev–Trinajstić information content (AvgIpc) is 3.33. The molecule has 0 saturated heterocycles. The summed E-state index contributed by atoms with van der Waals surface area (Å²) in [5.74, 6) is -0.873. The zero-order valence-corrected chi connectivity index (χ0v) is 37.0. The number of anilines is 6. The van der Waals surface area contributed by atoms with E-state index in [2.05, 4.69) is 84.3 Å². The maximum Gasteiger partial charge on any atom is 0.305 e. The minimum Gasteiger partial charge on any atom is -0.469 e. The molecule has 0 aliphatic carbocycles. The van der Waals surface area contributed by atoms with Crippen LogP contribution in [0.2, 0.25) is 0 Å². The number of hydrogen-bond donors (Lipinski definition) is 2. The summed E-state index contributed by atoms with van der Waals surface area (Å²) >= 11 is 0. The van der Waals surface area contributed by atoms with E-state index in [-0.39, 0.29) is 36.3 Å². The molecule has 0 heterocycles. The van der Waals surface area contributed by atoms with Crippen molar-refractivity contribution >= 4 is 57.6 Å². The molecular formula is C54H56N2O8. The summed E-state index contributed by atoms with van der Waals surface area (Å²) in [6.45, 7) is 3.29. The Morgan fingerprint density at radius 2 is 0.703 bits per heavy atom. The molecular weight excluding hydrogens is 805 g/mol. The third-order valence-electron chi connectivity index (χ3n) is 11.4. The second-order valence-electron chi connectivity index (χ2n) is 15.9. The van der Waals surface area contributed by atoms with E-state index in [9.17, 15) is 29.4 Å². The maximum atomic E-state index is 11.8. The molecule has 6 rings (SSSR count). The van der Waals surface area contributed by atoms with E-state index in [1.807, 2.05) is 72.8 Å². The van der Waals surface area contributed by atoms with Gasteiger partial charge in [-0.2, -0.15) is 0 Å². The fourth-order valence-corrected chi connectivity index (χ4v) is 7.70. The van der Waals surface area contributed by atoms with Crippen LogP contribution in [0, 0.1) is 13.8 Å². The van der Waals surface area contributed by atoms with Crippen LogP contribution in [0.5, 0.6) is 0 Å². The van der Waals surface area contributed by atoms with E-state index in [0.717, 1.165) is 78.6 Å². The highest BCUT2D eigenvalue weighted by Crippen LogP contribution is 2.41. The first-order valence-corrected chi connectivity index (χ1v) is 21.6. The molecule has 0 bridgehead atoms. The van der Waals surface area contributed by atoms with Crippen molar-refractivity contribution in [3.63, 3.8) is 0 Å². The second kappa shape index (κ2) is 22.5. The zero-order chi connectivity index (χ0) is 45.6. The monoisotopic (exact) mass is 860 g/mol. The van der Waals surface area contributed by atoms with Crippen LogP contribution in [0.15, 0.2) is 133 Å². The standard InChI is InChI=1S/C54H56N2O8/c1-37-33-43(17-29-51(37)55(45-19-5-39(6-20-45)13-27-49(59)35-57)46-21-7-40(8-22-46)14-28-50(60)36-58)44-18-30-52(38(2)34-44)56(47-23-9-41(10-24-47)15-31-53(61)63-3)48-25-11-42(12-26-48)16-32-54(62)64-4/h5-12,17-26,29-30,33-34,57-58H,13-16,27-28,31-32,35-36H2,1-4H3. The lowest BCUT2D eigenvalue weighted by Gasteiger charge is -2.28. The Bertz CT molecular complexity index is 2230. The summed E-state index contributed by atoms with van der Waals surface area (Å²) in [4.78, 5) is 51.7. The summed E-state index contributed by atoms with van der Waals surface area (Å²) in [5, 5.41) is 18.4. The number of methoxy groups -OCH3 is 2. The Kier molecular flexibility index (Phi) is 16.4. The van der Waals surface area contributed by atoms with Gasteiger partial charge in [0.25, 0.3) is 0 Å². The van der Waals surface area contributed by atoms with Gasteiger partial charge in [-0.05, 0) is 157 Å². The first kappa shape index (κ1) is 46.6. The maximum absolute atomic E-state index is 11.8. The molecule has 10 heteroatoms. The van der Waals surface area contributed by atoms with Gasteiger partial charge in [0.05, 0.1) is 14.2 Å². The molecule has 0 fully saturated rings. The van der Waals surface area contributed by atoms with Crippen molar-refractivity contribution in [1.82, 2.24) is 0 Å². The number of aryl methyl sites for hydroxylation is 6. The zero-order valence-electron chi connectivity index (χ0n) is 37.0. The van der Waals surface area contributed by atoms with Gasteiger partial charge in [-0.1, -0.05) is 60.7 Å². The van der Waals surface area contributed by atoms with E-state index >= 15 is 0 Å². The quantitative estimate of drug-likeness (QED) is 0.0674. The Hall–Kier alpha value is -6.88. The topological polar surface area (TPSA) is 134 Å². The lowest BCUT2D eigenvalue weighted by molar-refractivity contribution is -0.141. The highest BCUT2D eigenvalue weighted by atomic mass is 16.5. The van der Waals surface area contributed by atoms with Gasteiger partial charge in [0.15, 0.2) is 11.6 Å². The van der Waals surface area contributed by atoms with Gasteiger partial charge in [0.2, 0.25) is 0 Å². The van der Waals surface area contributed by atoms with Crippen molar-refractivity contribution in [2.45, 2.75) is 65.2 Å². The van der Waals surface area contributed by atoms with Gasteiger partial charge >= 0.3 is 11.9 Å². The molecule has 0 aliphatic rings. The lowest BCUT2D eigenvalue weighted by atomic mass is 9.98. The molecule has 330 valence electrons.